The molecule has 1 heterocycles. The molecule has 1 nitrogen and oxygen atoms in total. The Morgan fingerprint density at radius 2 is 1.33 bits per heavy atom. The van der Waals surface area contributed by atoms with E-state index in [-0.39, 0.29) is 0 Å². The van der Waals surface area contributed by atoms with Crippen LogP contribution in [0.2, 0.25) is 0 Å². The molecule has 0 bridgehead atoms. The lowest BCUT2D eigenvalue weighted by Gasteiger charge is -2.30. The molecule has 1 unspecified atom stereocenters. The summed E-state index contributed by atoms with van der Waals surface area (Å²) in [7, 11) is 0. The van der Waals surface area contributed by atoms with Gasteiger partial charge in [0.15, 0.2) is 0 Å². The van der Waals surface area contributed by atoms with Crippen LogP contribution in [0.25, 0.3) is 0 Å². The maximum Gasteiger partial charge on any atom is 0.426 e. The zero-order valence-electron chi connectivity index (χ0n) is 10.2. The number of hydrogen-bond donors (Lipinski definition) is 1. The molecule has 1 aromatic carbocycles. The minimum atomic E-state index is -5.06. The van der Waals surface area contributed by atoms with Gasteiger partial charge in [-0.3, -0.25) is 0 Å². The van der Waals surface area contributed by atoms with Gasteiger partial charge in [-0.25, -0.2) is 0 Å². The number of hydrogen-bond acceptors (Lipinski definition) is 2. The van der Waals surface area contributed by atoms with Crippen molar-refractivity contribution in [2.75, 3.05) is 0 Å². The molecule has 2 rings (SSSR count). The summed E-state index contributed by atoms with van der Waals surface area (Å²) >= 11 is 0.669. The Bertz CT molecular complexity index is 599. The van der Waals surface area contributed by atoms with Gasteiger partial charge in [-0.1, -0.05) is 18.2 Å². The van der Waals surface area contributed by atoms with Crippen LogP contribution in [0.4, 0.5) is 26.3 Å². The molecular formula is C13H8F6OS. The van der Waals surface area contributed by atoms with Gasteiger partial charge in [0.25, 0.3) is 0 Å². The van der Waals surface area contributed by atoms with Crippen molar-refractivity contribution in [3.63, 3.8) is 0 Å². The number of rotatable bonds is 2. The highest BCUT2D eigenvalue weighted by molar-refractivity contribution is 7.10. The fourth-order valence-electron chi connectivity index (χ4n) is 1.83. The first-order valence-electron chi connectivity index (χ1n) is 5.57. The molecule has 0 aliphatic rings. The van der Waals surface area contributed by atoms with Crippen molar-refractivity contribution in [1.29, 1.82) is 0 Å². The van der Waals surface area contributed by atoms with Gasteiger partial charge in [-0.2, -0.15) is 26.3 Å². The molecule has 1 aromatic heterocycles. The van der Waals surface area contributed by atoms with E-state index in [2.05, 4.69) is 0 Å². The first kappa shape index (κ1) is 15.8. The van der Waals surface area contributed by atoms with Crippen molar-refractivity contribution in [2.45, 2.75) is 18.0 Å². The Kier molecular flexibility index (Phi) is 3.79. The average Bonchev–Trinajstić information content (AvgIpc) is 2.89. The van der Waals surface area contributed by atoms with Crippen LogP contribution < -0.4 is 0 Å². The smallest absolute Gasteiger partial charge is 0.372 e. The van der Waals surface area contributed by atoms with E-state index in [1.165, 1.54) is 11.4 Å². The normalized spacial score (nSPS) is 15.8. The molecule has 2 aromatic rings. The van der Waals surface area contributed by atoms with Gasteiger partial charge in [-0.15, -0.1) is 11.3 Å². The SMILES string of the molecule is OC(c1ccc(C(F)(F)F)cc1)(c1cccs1)C(F)(F)F. The van der Waals surface area contributed by atoms with Crippen molar-refractivity contribution in [1.82, 2.24) is 0 Å². The van der Waals surface area contributed by atoms with E-state index in [0.717, 1.165) is 6.07 Å². The highest BCUT2D eigenvalue weighted by Crippen LogP contribution is 2.46. The van der Waals surface area contributed by atoms with E-state index in [1.807, 2.05) is 0 Å². The molecule has 21 heavy (non-hydrogen) atoms. The zero-order chi connectivity index (χ0) is 15.9. The van der Waals surface area contributed by atoms with Gasteiger partial charge in [0.2, 0.25) is 5.60 Å². The summed E-state index contributed by atoms with van der Waals surface area (Å²) in [6.07, 6.45) is -9.71. The largest absolute Gasteiger partial charge is 0.426 e. The predicted octanol–water partition coefficient (Wildman–Crippen LogP) is 4.57. The summed E-state index contributed by atoms with van der Waals surface area (Å²) in [6.45, 7) is 0. The maximum atomic E-state index is 13.2. The first-order chi connectivity index (χ1) is 9.57. The minimum absolute atomic E-state index is 0.408. The van der Waals surface area contributed by atoms with E-state index in [9.17, 15) is 31.4 Å². The lowest BCUT2D eigenvalue weighted by Crippen LogP contribution is -2.42. The van der Waals surface area contributed by atoms with Crippen molar-refractivity contribution < 1.29 is 31.4 Å². The molecule has 8 heteroatoms. The van der Waals surface area contributed by atoms with Gasteiger partial charge < -0.3 is 5.11 Å². The first-order valence-corrected chi connectivity index (χ1v) is 6.45. The number of halogens is 6. The molecule has 0 aliphatic carbocycles. The van der Waals surface area contributed by atoms with Gasteiger partial charge in [-0.05, 0) is 29.1 Å². The van der Waals surface area contributed by atoms with Gasteiger partial charge in [0, 0.05) is 4.88 Å². The van der Waals surface area contributed by atoms with E-state index in [4.69, 9.17) is 0 Å². The second-order valence-corrected chi connectivity index (χ2v) is 5.21. The monoisotopic (exact) mass is 326 g/mol. The standard InChI is InChI=1S/C13H8F6OS/c14-12(15,16)9-5-3-8(4-6-9)11(20,13(17,18)19)10-2-1-7-21-10/h1-7,20H. The Morgan fingerprint density at radius 1 is 0.810 bits per heavy atom. The van der Waals surface area contributed by atoms with Crippen molar-refractivity contribution in [3.8, 4) is 0 Å². The summed E-state index contributed by atoms with van der Waals surface area (Å²) < 4.78 is 77.0. The molecule has 0 spiro atoms. The Balaban J connectivity index is 2.54. The summed E-state index contributed by atoms with van der Waals surface area (Å²) in [5, 5.41) is 11.4. The van der Waals surface area contributed by atoms with Crippen LogP contribution in [0.3, 0.4) is 0 Å². The molecule has 114 valence electrons. The summed E-state index contributed by atoms with van der Waals surface area (Å²) in [6, 6.07) is 4.70. The lowest BCUT2D eigenvalue weighted by molar-refractivity contribution is -0.247. The van der Waals surface area contributed by atoms with Crippen LogP contribution in [0.5, 0.6) is 0 Å². The molecule has 0 saturated carbocycles. The molecule has 1 atom stereocenters. The second-order valence-electron chi connectivity index (χ2n) is 4.26. The van der Waals surface area contributed by atoms with Gasteiger partial charge in [0.05, 0.1) is 5.56 Å². The van der Waals surface area contributed by atoms with E-state index in [0.29, 0.717) is 35.6 Å². The highest BCUT2D eigenvalue weighted by atomic mass is 32.1. The van der Waals surface area contributed by atoms with Gasteiger partial charge in [0.1, 0.15) is 0 Å². The number of benzene rings is 1. The molecular weight excluding hydrogens is 318 g/mol. The van der Waals surface area contributed by atoms with Gasteiger partial charge >= 0.3 is 12.4 Å². The summed E-state index contributed by atoms with van der Waals surface area (Å²) in [4.78, 5) is -0.408. The van der Waals surface area contributed by atoms with Crippen LogP contribution in [0.15, 0.2) is 41.8 Å². The second kappa shape index (κ2) is 5.03. The molecule has 1 N–H and O–H groups in total. The van der Waals surface area contributed by atoms with Crippen LogP contribution in [0, 0.1) is 0 Å². The third-order valence-electron chi connectivity index (χ3n) is 2.92. The number of thiophene rings is 1. The molecule has 0 aliphatic heterocycles. The zero-order valence-corrected chi connectivity index (χ0v) is 11.0. The molecule has 0 amide bonds. The van der Waals surface area contributed by atoms with Crippen molar-refractivity contribution in [3.05, 3.63) is 57.8 Å². The number of alkyl halides is 6. The van der Waals surface area contributed by atoms with Crippen LogP contribution >= 0.6 is 11.3 Å². The fraction of sp³-hybridized carbons (Fsp3) is 0.231. The average molecular weight is 326 g/mol. The highest BCUT2D eigenvalue weighted by Gasteiger charge is 2.57. The summed E-state index contributed by atoms with van der Waals surface area (Å²) in [5.74, 6) is 0. The Labute approximate surface area is 119 Å². The third kappa shape index (κ3) is 2.77. The summed E-state index contributed by atoms with van der Waals surface area (Å²) in [5.41, 5.74) is -5.07. The van der Waals surface area contributed by atoms with Crippen LogP contribution in [0.1, 0.15) is 16.0 Å². The van der Waals surface area contributed by atoms with E-state index >= 15 is 0 Å². The molecule has 0 fully saturated rings. The van der Waals surface area contributed by atoms with Crippen molar-refractivity contribution in [2.24, 2.45) is 0 Å². The Morgan fingerprint density at radius 3 is 1.71 bits per heavy atom. The molecule has 0 saturated heterocycles. The van der Waals surface area contributed by atoms with E-state index in [1.54, 1.807) is 0 Å². The quantitative estimate of drug-likeness (QED) is 0.802. The Hall–Kier alpha value is -1.54. The minimum Gasteiger partial charge on any atom is -0.372 e. The van der Waals surface area contributed by atoms with E-state index < -0.39 is 34.0 Å². The fourth-order valence-corrected chi connectivity index (χ4v) is 2.70. The lowest BCUT2D eigenvalue weighted by atomic mass is 9.90. The number of aliphatic hydroxyl groups is 1. The van der Waals surface area contributed by atoms with Crippen LogP contribution in [-0.2, 0) is 11.8 Å². The third-order valence-corrected chi connectivity index (χ3v) is 3.90. The molecule has 0 radical (unpaired) electrons. The predicted molar refractivity (Wildman–Crippen MR) is 64.8 cm³/mol. The van der Waals surface area contributed by atoms with Crippen LogP contribution in [-0.4, -0.2) is 11.3 Å². The van der Waals surface area contributed by atoms with Crippen molar-refractivity contribution >= 4 is 11.3 Å². The topological polar surface area (TPSA) is 20.2 Å². The maximum absolute atomic E-state index is 13.2.